The maximum atomic E-state index is 4.51. The highest BCUT2D eigenvalue weighted by Gasteiger charge is 2.17. The van der Waals surface area contributed by atoms with E-state index >= 15 is 0 Å². The molecule has 0 bridgehead atoms. The molecule has 19 heavy (non-hydrogen) atoms. The van der Waals surface area contributed by atoms with Gasteiger partial charge in [-0.25, -0.2) is 4.98 Å². The molecule has 0 aliphatic carbocycles. The highest BCUT2D eigenvalue weighted by molar-refractivity contribution is 7.09. The Balaban J connectivity index is 1.73. The summed E-state index contributed by atoms with van der Waals surface area (Å²) in [6, 6.07) is 9.14. The minimum Gasteiger partial charge on any atom is -0.313 e. The second-order valence-corrected chi connectivity index (χ2v) is 5.92. The van der Waals surface area contributed by atoms with Crippen molar-refractivity contribution in [1.82, 2.24) is 15.6 Å². The van der Waals surface area contributed by atoms with Crippen molar-refractivity contribution >= 4 is 11.3 Å². The molecular formula is C15H19N3S. The van der Waals surface area contributed by atoms with E-state index in [1.54, 1.807) is 11.3 Å². The van der Waals surface area contributed by atoms with Crippen LogP contribution in [0.25, 0.3) is 0 Å². The van der Waals surface area contributed by atoms with Crippen LogP contribution in [0.2, 0.25) is 0 Å². The zero-order valence-corrected chi connectivity index (χ0v) is 12.0. The van der Waals surface area contributed by atoms with Gasteiger partial charge in [0, 0.05) is 30.2 Å². The Labute approximate surface area is 118 Å². The van der Waals surface area contributed by atoms with Gasteiger partial charge in [0.25, 0.3) is 0 Å². The molecule has 0 fully saturated rings. The fraction of sp³-hybridized carbons (Fsp3) is 0.400. The number of benzene rings is 1. The largest absolute Gasteiger partial charge is 0.313 e. The number of nitrogens with one attached hydrogen (secondary N) is 2. The molecule has 3 rings (SSSR count). The zero-order valence-electron chi connectivity index (χ0n) is 11.1. The second kappa shape index (κ2) is 5.82. The summed E-state index contributed by atoms with van der Waals surface area (Å²) in [5.41, 5.74) is 3.96. The lowest BCUT2D eigenvalue weighted by atomic mass is 9.99. The van der Waals surface area contributed by atoms with E-state index in [2.05, 4.69) is 45.3 Å². The Morgan fingerprint density at radius 2 is 2.32 bits per heavy atom. The summed E-state index contributed by atoms with van der Waals surface area (Å²) in [6.07, 6.45) is 1.13. The summed E-state index contributed by atoms with van der Waals surface area (Å²) in [6.45, 7) is 4.94. The van der Waals surface area contributed by atoms with Gasteiger partial charge >= 0.3 is 0 Å². The van der Waals surface area contributed by atoms with Gasteiger partial charge in [-0.2, -0.15) is 0 Å². The first-order valence-electron chi connectivity index (χ1n) is 6.76. The molecule has 1 atom stereocenters. The second-order valence-electron chi connectivity index (χ2n) is 4.98. The molecule has 0 amide bonds. The van der Waals surface area contributed by atoms with Gasteiger partial charge in [0.1, 0.15) is 5.01 Å². The van der Waals surface area contributed by atoms with Crippen molar-refractivity contribution < 1.29 is 0 Å². The Morgan fingerprint density at radius 3 is 3.16 bits per heavy atom. The van der Waals surface area contributed by atoms with Crippen LogP contribution >= 0.6 is 11.3 Å². The van der Waals surface area contributed by atoms with E-state index in [4.69, 9.17) is 0 Å². The fourth-order valence-corrected chi connectivity index (χ4v) is 3.29. The van der Waals surface area contributed by atoms with Crippen molar-refractivity contribution in [3.8, 4) is 0 Å². The molecule has 2 aromatic rings. The predicted octanol–water partition coefficient (Wildman–Crippen LogP) is 2.78. The average Bonchev–Trinajstić information content (AvgIpc) is 2.73. The average molecular weight is 273 g/mol. The van der Waals surface area contributed by atoms with Gasteiger partial charge in [-0.05, 0) is 31.0 Å². The van der Waals surface area contributed by atoms with Crippen LogP contribution in [0, 0.1) is 6.92 Å². The molecule has 1 aliphatic rings. The minimum absolute atomic E-state index is 0.426. The first-order valence-corrected chi connectivity index (χ1v) is 7.64. The maximum Gasteiger partial charge on any atom is 0.107 e. The van der Waals surface area contributed by atoms with Crippen molar-refractivity contribution in [3.63, 3.8) is 0 Å². The van der Waals surface area contributed by atoms with Gasteiger partial charge in [0.15, 0.2) is 0 Å². The third-order valence-electron chi connectivity index (χ3n) is 3.52. The van der Waals surface area contributed by atoms with Crippen molar-refractivity contribution in [1.29, 1.82) is 0 Å². The molecule has 2 N–H and O–H groups in total. The molecule has 0 saturated carbocycles. The van der Waals surface area contributed by atoms with E-state index in [1.807, 2.05) is 6.92 Å². The van der Waals surface area contributed by atoms with Crippen LogP contribution in [0.1, 0.15) is 34.3 Å². The van der Waals surface area contributed by atoms with Crippen molar-refractivity contribution in [3.05, 3.63) is 51.5 Å². The van der Waals surface area contributed by atoms with Crippen molar-refractivity contribution in [2.24, 2.45) is 0 Å². The Bertz CT molecular complexity index is 550. The van der Waals surface area contributed by atoms with Crippen molar-refractivity contribution in [2.45, 2.75) is 32.5 Å². The van der Waals surface area contributed by atoms with Crippen LogP contribution in [0.15, 0.2) is 29.6 Å². The highest BCUT2D eigenvalue weighted by atomic mass is 32.1. The number of aromatic nitrogens is 1. The number of hydrogen-bond acceptors (Lipinski definition) is 4. The van der Waals surface area contributed by atoms with E-state index in [0.29, 0.717) is 6.04 Å². The van der Waals surface area contributed by atoms with E-state index < -0.39 is 0 Å². The third kappa shape index (κ3) is 3.03. The molecule has 1 aromatic carbocycles. The SMILES string of the molecule is Cc1csc(CNC2CCNCc3ccccc32)n1. The van der Waals surface area contributed by atoms with Gasteiger partial charge in [0.05, 0.1) is 0 Å². The number of nitrogens with zero attached hydrogens (tertiary/aromatic N) is 1. The molecule has 0 spiro atoms. The quantitative estimate of drug-likeness (QED) is 0.903. The van der Waals surface area contributed by atoms with E-state index in [0.717, 1.165) is 31.7 Å². The molecule has 3 nitrogen and oxygen atoms in total. The smallest absolute Gasteiger partial charge is 0.107 e. The lowest BCUT2D eigenvalue weighted by molar-refractivity contribution is 0.495. The normalized spacial score (nSPS) is 18.9. The molecule has 2 heterocycles. The summed E-state index contributed by atoms with van der Waals surface area (Å²) < 4.78 is 0. The number of hydrogen-bond donors (Lipinski definition) is 2. The maximum absolute atomic E-state index is 4.51. The van der Waals surface area contributed by atoms with Gasteiger partial charge in [-0.3, -0.25) is 0 Å². The molecule has 100 valence electrons. The molecule has 0 radical (unpaired) electrons. The molecule has 1 aliphatic heterocycles. The summed E-state index contributed by atoms with van der Waals surface area (Å²) in [5.74, 6) is 0. The Morgan fingerprint density at radius 1 is 1.42 bits per heavy atom. The first-order chi connectivity index (χ1) is 9.33. The number of thiazole rings is 1. The first kappa shape index (κ1) is 12.8. The lowest BCUT2D eigenvalue weighted by Crippen LogP contribution is -2.22. The highest BCUT2D eigenvalue weighted by Crippen LogP contribution is 2.24. The summed E-state index contributed by atoms with van der Waals surface area (Å²) in [5, 5.41) is 10.4. The van der Waals surface area contributed by atoms with Crippen molar-refractivity contribution in [2.75, 3.05) is 6.54 Å². The topological polar surface area (TPSA) is 37.0 Å². The molecule has 0 saturated heterocycles. The van der Waals surface area contributed by atoms with Crippen LogP contribution in [0.4, 0.5) is 0 Å². The number of rotatable bonds is 3. The number of aryl methyl sites for hydroxylation is 1. The Hall–Kier alpha value is -1.23. The molecular weight excluding hydrogens is 254 g/mol. The molecule has 1 unspecified atom stereocenters. The van der Waals surface area contributed by atoms with Crippen LogP contribution < -0.4 is 10.6 Å². The minimum atomic E-state index is 0.426. The van der Waals surface area contributed by atoms with Crippen LogP contribution in [0.5, 0.6) is 0 Å². The van der Waals surface area contributed by atoms with E-state index in [1.165, 1.54) is 16.1 Å². The summed E-state index contributed by atoms with van der Waals surface area (Å²) >= 11 is 1.74. The molecule has 4 heteroatoms. The zero-order chi connectivity index (χ0) is 13.1. The van der Waals surface area contributed by atoms with Gasteiger partial charge in [-0.1, -0.05) is 24.3 Å². The monoisotopic (exact) mass is 273 g/mol. The molecule has 1 aromatic heterocycles. The van der Waals surface area contributed by atoms with Crippen LogP contribution in [-0.2, 0) is 13.1 Å². The number of fused-ring (bicyclic) bond motifs is 1. The summed E-state index contributed by atoms with van der Waals surface area (Å²) in [7, 11) is 0. The third-order valence-corrected chi connectivity index (χ3v) is 4.49. The summed E-state index contributed by atoms with van der Waals surface area (Å²) in [4.78, 5) is 4.51. The standard InChI is InChI=1S/C15H19N3S/c1-11-10-19-15(18-11)9-17-14-6-7-16-8-12-4-2-3-5-13(12)14/h2-5,10,14,16-17H,6-9H2,1H3. The van der Waals surface area contributed by atoms with Gasteiger partial charge in [-0.15, -0.1) is 11.3 Å². The van der Waals surface area contributed by atoms with Gasteiger partial charge in [0.2, 0.25) is 0 Å². The van der Waals surface area contributed by atoms with E-state index in [-0.39, 0.29) is 0 Å². The Kier molecular flexibility index (Phi) is 3.92. The van der Waals surface area contributed by atoms with Crippen LogP contribution in [0.3, 0.4) is 0 Å². The fourth-order valence-electron chi connectivity index (χ4n) is 2.57. The lowest BCUT2D eigenvalue weighted by Gasteiger charge is -2.18. The van der Waals surface area contributed by atoms with E-state index in [9.17, 15) is 0 Å². The predicted molar refractivity (Wildman–Crippen MR) is 79.2 cm³/mol. The van der Waals surface area contributed by atoms with Gasteiger partial charge < -0.3 is 10.6 Å². The van der Waals surface area contributed by atoms with Crippen LogP contribution in [-0.4, -0.2) is 11.5 Å².